The van der Waals surface area contributed by atoms with Gasteiger partial charge in [-0.15, -0.1) is 0 Å². The van der Waals surface area contributed by atoms with E-state index in [2.05, 4.69) is 0 Å². The smallest absolute Gasteiger partial charge is 0.310 e. The third kappa shape index (κ3) is 2.14. The highest BCUT2D eigenvalue weighted by Crippen LogP contribution is 2.53. The molecule has 0 bridgehead atoms. The number of aliphatic hydroxyl groups excluding tert-OH is 1. The monoisotopic (exact) mass is 218 g/mol. The molecule has 1 rings (SSSR count). The topological polar surface area (TPSA) is 76.0 Å². The van der Waals surface area contributed by atoms with Gasteiger partial charge in [-0.1, -0.05) is 0 Å². The van der Waals surface area contributed by atoms with E-state index in [9.17, 15) is 9.90 Å². The maximum atomic E-state index is 11.1. The summed E-state index contributed by atoms with van der Waals surface area (Å²) in [6.45, 7) is 1.59. The van der Waals surface area contributed by atoms with Crippen molar-refractivity contribution in [3.05, 3.63) is 0 Å². The zero-order chi connectivity index (χ0) is 11.7. The van der Waals surface area contributed by atoms with Crippen LogP contribution in [0.25, 0.3) is 0 Å². The van der Waals surface area contributed by atoms with Crippen LogP contribution in [0.5, 0.6) is 0 Å². The normalized spacial score (nSPS) is 24.3. The number of aliphatic carboxylic acids is 1. The highest BCUT2D eigenvalue weighted by molar-refractivity contribution is 5.76. The van der Waals surface area contributed by atoms with E-state index >= 15 is 0 Å². The van der Waals surface area contributed by atoms with Crippen LogP contribution in [0.1, 0.15) is 26.2 Å². The molecule has 2 N–H and O–H groups in total. The Morgan fingerprint density at radius 2 is 1.87 bits per heavy atom. The van der Waals surface area contributed by atoms with Gasteiger partial charge in [0.05, 0.1) is 11.5 Å². The Hall–Kier alpha value is -0.650. The third-order valence-electron chi connectivity index (χ3n) is 3.10. The van der Waals surface area contributed by atoms with E-state index in [1.54, 1.807) is 6.92 Å². The van der Waals surface area contributed by atoms with Gasteiger partial charge in [-0.25, -0.2) is 0 Å². The number of hydrogen-bond donors (Lipinski definition) is 2. The average Bonchev–Trinajstić information content (AvgIpc) is 2.09. The molecule has 15 heavy (non-hydrogen) atoms. The second kappa shape index (κ2) is 4.08. The minimum absolute atomic E-state index is 0.233. The molecule has 0 amide bonds. The van der Waals surface area contributed by atoms with E-state index in [-0.39, 0.29) is 19.3 Å². The summed E-state index contributed by atoms with van der Waals surface area (Å²) >= 11 is 0. The summed E-state index contributed by atoms with van der Waals surface area (Å²) in [5, 5.41) is 18.4. The van der Waals surface area contributed by atoms with Crippen molar-refractivity contribution in [3.63, 3.8) is 0 Å². The molecule has 0 aromatic heterocycles. The molecule has 0 aromatic carbocycles. The lowest BCUT2D eigenvalue weighted by molar-refractivity contribution is -0.298. The van der Waals surface area contributed by atoms with Gasteiger partial charge in [-0.2, -0.15) is 0 Å². The molecule has 0 aliphatic heterocycles. The van der Waals surface area contributed by atoms with E-state index in [1.807, 2.05) is 0 Å². The van der Waals surface area contributed by atoms with Crippen molar-refractivity contribution in [2.45, 2.75) is 38.1 Å². The SMILES string of the molecule is COC1(OC)CC(CC(C)O)(C(=O)O)C1. The van der Waals surface area contributed by atoms with Gasteiger partial charge in [0.25, 0.3) is 0 Å². The van der Waals surface area contributed by atoms with Crippen LogP contribution >= 0.6 is 0 Å². The molecule has 1 unspecified atom stereocenters. The maximum Gasteiger partial charge on any atom is 0.310 e. The van der Waals surface area contributed by atoms with Gasteiger partial charge in [-0.05, 0) is 13.3 Å². The summed E-state index contributed by atoms with van der Waals surface area (Å²) in [6.07, 6.45) is 0.171. The molecular weight excluding hydrogens is 200 g/mol. The largest absolute Gasteiger partial charge is 0.481 e. The van der Waals surface area contributed by atoms with Crippen LogP contribution in [-0.4, -0.2) is 42.3 Å². The molecular formula is C10H18O5. The van der Waals surface area contributed by atoms with E-state index in [0.717, 1.165) is 0 Å². The number of aliphatic hydroxyl groups is 1. The number of carboxylic acid groups (broad SMARTS) is 1. The third-order valence-corrected chi connectivity index (χ3v) is 3.10. The molecule has 5 nitrogen and oxygen atoms in total. The first-order valence-corrected chi connectivity index (χ1v) is 4.91. The zero-order valence-electron chi connectivity index (χ0n) is 9.32. The number of carbonyl (C=O) groups is 1. The number of methoxy groups -OCH3 is 2. The molecule has 0 saturated heterocycles. The first-order valence-electron chi connectivity index (χ1n) is 4.91. The van der Waals surface area contributed by atoms with Crippen molar-refractivity contribution in [1.29, 1.82) is 0 Å². The van der Waals surface area contributed by atoms with Gasteiger partial charge >= 0.3 is 5.97 Å². The zero-order valence-corrected chi connectivity index (χ0v) is 9.32. The van der Waals surface area contributed by atoms with Crippen molar-refractivity contribution in [1.82, 2.24) is 0 Å². The minimum Gasteiger partial charge on any atom is -0.481 e. The standard InChI is InChI=1S/C10H18O5/c1-7(11)4-9(8(12)13)5-10(6-9,14-2)15-3/h7,11H,4-6H2,1-3H3,(H,12,13). The maximum absolute atomic E-state index is 11.1. The number of hydrogen-bond acceptors (Lipinski definition) is 4. The second-order valence-electron chi connectivity index (χ2n) is 4.31. The van der Waals surface area contributed by atoms with Gasteiger partial charge in [-0.3, -0.25) is 4.79 Å². The Balaban J connectivity index is 2.71. The predicted molar refractivity (Wildman–Crippen MR) is 52.3 cm³/mol. The second-order valence-corrected chi connectivity index (χ2v) is 4.31. The Morgan fingerprint density at radius 1 is 1.40 bits per heavy atom. The fraction of sp³-hybridized carbons (Fsp3) is 0.900. The van der Waals surface area contributed by atoms with Crippen LogP contribution in [0.2, 0.25) is 0 Å². The molecule has 88 valence electrons. The minimum atomic E-state index is -0.903. The van der Waals surface area contributed by atoms with Crippen LogP contribution in [-0.2, 0) is 14.3 Å². The first-order chi connectivity index (χ1) is 6.90. The molecule has 1 saturated carbocycles. The Bertz CT molecular complexity index is 236. The summed E-state index contributed by atoms with van der Waals surface area (Å²) in [6, 6.07) is 0. The van der Waals surface area contributed by atoms with E-state index in [1.165, 1.54) is 14.2 Å². The molecule has 1 fully saturated rings. The summed E-state index contributed by atoms with van der Waals surface area (Å²) < 4.78 is 10.3. The first kappa shape index (κ1) is 12.4. The lowest BCUT2D eigenvalue weighted by Gasteiger charge is -2.51. The van der Waals surface area contributed by atoms with Crippen LogP contribution < -0.4 is 0 Å². The summed E-state index contributed by atoms with van der Waals surface area (Å²) in [5.41, 5.74) is -0.903. The molecule has 0 heterocycles. The van der Waals surface area contributed by atoms with Gasteiger partial charge in [0.15, 0.2) is 5.79 Å². The van der Waals surface area contributed by atoms with E-state index in [4.69, 9.17) is 14.6 Å². The lowest BCUT2D eigenvalue weighted by Crippen LogP contribution is -2.58. The van der Waals surface area contributed by atoms with Crippen molar-refractivity contribution >= 4 is 5.97 Å². The molecule has 0 radical (unpaired) electrons. The highest BCUT2D eigenvalue weighted by atomic mass is 16.7. The van der Waals surface area contributed by atoms with Gasteiger partial charge in [0.1, 0.15) is 0 Å². The van der Waals surface area contributed by atoms with Crippen molar-refractivity contribution < 1.29 is 24.5 Å². The van der Waals surface area contributed by atoms with Gasteiger partial charge < -0.3 is 19.7 Å². The molecule has 5 heteroatoms. The van der Waals surface area contributed by atoms with Crippen molar-refractivity contribution in [2.75, 3.05) is 14.2 Å². The number of carboxylic acids is 1. The molecule has 1 aliphatic carbocycles. The fourth-order valence-corrected chi connectivity index (χ4v) is 2.30. The summed E-state index contributed by atoms with van der Waals surface area (Å²) in [5.74, 6) is -1.68. The summed E-state index contributed by atoms with van der Waals surface area (Å²) in [4.78, 5) is 11.1. The summed E-state index contributed by atoms with van der Waals surface area (Å²) in [7, 11) is 3.00. The molecule has 1 aliphatic rings. The van der Waals surface area contributed by atoms with Gasteiger partial charge in [0, 0.05) is 27.1 Å². The molecule has 0 spiro atoms. The van der Waals surface area contributed by atoms with E-state index in [0.29, 0.717) is 0 Å². The van der Waals surface area contributed by atoms with Crippen molar-refractivity contribution in [2.24, 2.45) is 5.41 Å². The number of rotatable bonds is 5. The Labute approximate surface area is 89.0 Å². The van der Waals surface area contributed by atoms with Crippen molar-refractivity contribution in [3.8, 4) is 0 Å². The lowest BCUT2D eigenvalue weighted by atomic mass is 9.61. The Morgan fingerprint density at radius 3 is 2.13 bits per heavy atom. The van der Waals surface area contributed by atoms with Crippen LogP contribution in [0.4, 0.5) is 0 Å². The molecule has 0 aromatic rings. The Kier molecular flexibility index (Phi) is 3.38. The van der Waals surface area contributed by atoms with E-state index < -0.39 is 23.3 Å². The van der Waals surface area contributed by atoms with Crippen LogP contribution in [0.3, 0.4) is 0 Å². The highest BCUT2D eigenvalue weighted by Gasteiger charge is 2.60. The average molecular weight is 218 g/mol. The van der Waals surface area contributed by atoms with Crippen LogP contribution in [0, 0.1) is 5.41 Å². The van der Waals surface area contributed by atoms with Crippen LogP contribution in [0.15, 0.2) is 0 Å². The molecule has 1 atom stereocenters. The fourth-order valence-electron chi connectivity index (χ4n) is 2.30. The predicted octanol–water partition coefficient (Wildman–Crippen LogP) is 0.611. The number of ether oxygens (including phenoxy) is 2. The quantitative estimate of drug-likeness (QED) is 0.661. The van der Waals surface area contributed by atoms with Gasteiger partial charge in [0.2, 0.25) is 0 Å².